The van der Waals surface area contributed by atoms with Crippen LogP contribution in [-0.4, -0.2) is 18.2 Å². The molecule has 0 amide bonds. The van der Waals surface area contributed by atoms with Gasteiger partial charge in [0.2, 0.25) is 0 Å². The van der Waals surface area contributed by atoms with E-state index in [1.165, 1.54) is 25.3 Å². The maximum Gasteiger partial charge on any atom is 0.342 e. The molecule has 0 bridgehead atoms. The molecule has 0 heterocycles. The molecular formula is C15H15NO4. The van der Waals surface area contributed by atoms with Crippen LogP contribution in [0.2, 0.25) is 0 Å². The Morgan fingerprint density at radius 3 is 2.55 bits per heavy atom. The van der Waals surface area contributed by atoms with Crippen LogP contribution in [0, 0.1) is 0 Å². The second-order valence-electron chi connectivity index (χ2n) is 4.20. The van der Waals surface area contributed by atoms with Crippen molar-refractivity contribution < 1.29 is 19.4 Å². The molecule has 2 aromatic rings. The summed E-state index contributed by atoms with van der Waals surface area (Å²) >= 11 is 0. The van der Waals surface area contributed by atoms with Gasteiger partial charge in [-0.2, -0.15) is 0 Å². The van der Waals surface area contributed by atoms with E-state index in [4.69, 9.17) is 15.2 Å². The fraction of sp³-hybridized carbons (Fsp3) is 0.133. The standard InChI is InChI=1S/C15H15NO4/c1-19-14-7-4-11(16)8-13(14)15(18)20-9-10-2-5-12(17)6-3-10/h2-8,17H,9,16H2,1H3. The van der Waals surface area contributed by atoms with Crippen LogP contribution in [0.1, 0.15) is 15.9 Å². The van der Waals surface area contributed by atoms with Gasteiger partial charge in [0.05, 0.1) is 7.11 Å². The highest BCUT2D eigenvalue weighted by Gasteiger charge is 2.14. The lowest BCUT2D eigenvalue weighted by molar-refractivity contribution is 0.0469. The number of nitrogens with two attached hydrogens (primary N) is 1. The number of phenols is 1. The molecule has 2 aromatic carbocycles. The van der Waals surface area contributed by atoms with Crippen LogP contribution < -0.4 is 10.5 Å². The number of methoxy groups -OCH3 is 1. The number of carbonyl (C=O) groups excluding carboxylic acids is 1. The summed E-state index contributed by atoms with van der Waals surface area (Å²) in [5, 5.41) is 9.17. The number of ether oxygens (including phenoxy) is 2. The molecule has 0 spiro atoms. The Balaban J connectivity index is 2.08. The number of anilines is 1. The lowest BCUT2D eigenvalue weighted by Gasteiger charge is -2.09. The van der Waals surface area contributed by atoms with Gasteiger partial charge in [-0.15, -0.1) is 0 Å². The van der Waals surface area contributed by atoms with Crippen molar-refractivity contribution >= 4 is 11.7 Å². The number of hydrogen-bond donors (Lipinski definition) is 2. The molecule has 2 rings (SSSR count). The number of carbonyl (C=O) groups is 1. The normalized spacial score (nSPS) is 10.1. The predicted molar refractivity (Wildman–Crippen MR) is 74.6 cm³/mol. The van der Waals surface area contributed by atoms with E-state index in [9.17, 15) is 9.90 Å². The minimum absolute atomic E-state index is 0.108. The topological polar surface area (TPSA) is 81.8 Å². The fourth-order valence-corrected chi connectivity index (χ4v) is 1.70. The van der Waals surface area contributed by atoms with Gasteiger partial charge in [0.1, 0.15) is 23.7 Å². The number of nitrogen functional groups attached to an aromatic ring is 1. The van der Waals surface area contributed by atoms with Gasteiger partial charge >= 0.3 is 5.97 Å². The third-order valence-electron chi connectivity index (χ3n) is 2.75. The van der Waals surface area contributed by atoms with E-state index in [-0.39, 0.29) is 17.9 Å². The maximum atomic E-state index is 12.0. The summed E-state index contributed by atoms with van der Waals surface area (Å²) in [4.78, 5) is 12.0. The quantitative estimate of drug-likeness (QED) is 0.660. The first-order chi connectivity index (χ1) is 9.60. The lowest BCUT2D eigenvalue weighted by atomic mass is 10.2. The third-order valence-corrected chi connectivity index (χ3v) is 2.75. The first-order valence-corrected chi connectivity index (χ1v) is 5.98. The van der Waals surface area contributed by atoms with E-state index in [0.717, 1.165) is 5.56 Å². The Kier molecular flexibility index (Phi) is 4.10. The van der Waals surface area contributed by atoms with Crippen molar-refractivity contribution in [3.05, 3.63) is 53.6 Å². The molecule has 0 saturated heterocycles. The zero-order valence-electron chi connectivity index (χ0n) is 11.0. The molecular weight excluding hydrogens is 258 g/mol. The van der Waals surface area contributed by atoms with Crippen LogP contribution in [0.5, 0.6) is 11.5 Å². The second-order valence-corrected chi connectivity index (χ2v) is 4.20. The minimum Gasteiger partial charge on any atom is -0.508 e. The van der Waals surface area contributed by atoms with E-state index >= 15 is 0 Å². The number of aromatic hydroxyl groups is 1. The summed E-state index contributed by atoms with van der Waals surface area (Å²) in [6, 6.07) is 11.2. The van der Waals surface area contributed by atoms with Crippen LogP contribution in [0.15, 0.2) is 42.5 Å². The molecule has 20 heavy (non-hydrogen) atoms. The van der Waals surface area contributed by atoms with Gasteiger partial charge in [0.15, 0.2) is 0 Å². The van der Waals surface area contributed by atoms with Gasteiger partial charge in [-0.3, -0.25) is 0 Å². The highest BCUT2D eigenvalue weighted by atomic mass is 16.5. The highest BCUT2D eigenvalue weighted by molar-refractivity contribution is 5.93. The first kappa shape index (κ1) is 13.7. The van der Waals surface area contributed by atoms with E-state index in [1.807, 2.05) is 0 Å². The van der Waals surface area contributed by atoms with Crippen molar-refractivity contribution in [1.82, 2.24) is 0 Å². The lowest BCUT2D eigenvalue weighted by Crippen LogP contribution is -2.07. The summed E-state index contributed by atoms with van der Waals surface area (Å²) in [5.41, 5.74) is 7.17. The largest absolute Gasteiger partial charge is 0.508 e. The van der Waals surface area contributed by atoms with Gasteiger partial charge in [-0.1, -0.05) is 12.1 Å². The van der Waals surface area contributed by atoms with Gasteiger partial charge in [0.25, 0.3) is 0 Å². The van der Waals surface area contributed by atoms with E-state index in [2.05, 4.69) is 0 Å². The van der Waals surface area contributed by atoms with Crippen molar-refractivity contribution in [3.8, 4) is 11.5 Å². The molecule has 0 aliphatic carbocycles. The Morgan fingerprint density at radius 2 is 1.90 bits per heavy atom. The maximum absolute atomic E-state index is 12.0. The molecule has 5 nitrogen and oxygen atoms in total. The van der Waals surface area contributed by atoms with Gasteiger partial charge in [0, 0.05) is 5.69 Å². The van der Waals surface area contributed by atoms with Crippen LogP contribution in [0.4, 0.5) is 5.69 Å². The van der Waals surface area contributed by atoms with Crippen LogP contribution in [0.3, 0.4) is 0 Å². The molecule has 104 valence electrons. The van der Waals surface area contributed by atoms with Gasteiger partial charge in [-0.05, 0) is 35.9 Å². The molecule has 0 atom stereocenters. The molecule has 0 aromatic heterocycles. The molecule has 0 radical (unpaired) electrons. The second kappa shape index (κ2) is 5.97. The summed E-state index contributed by atoms with van der Waals surface area (Å²) in [6.07, 6.45) is 0. The van der Waals surface area contributed by atoms with E-state index in [1.54, 1.807) is 24.3 Å². The monoisotopic (exact) mass is 273 g/mol. The van der Waals surface area contributed by atoms with E-state index < -0.39 is 5.97 Å². The zero-order chi connectivity index (χ0) is 14.5. The smallest absolute Gasteiger partial charge is 0.342 e. The predicted octanol–water partition coefficient (Wildman–Crippen LogP) is 2.34. The molecule has 0 saturated carbocycles. The summed E-state index contributed by atoms with van der Waals surface area (Å²) in [7, 11) is 1.47. The highest BCUT2D eigenvalue weighted by Crippen LogP contribution is 2.22. The Labute approximate surface area is 116 Å². The van der Waals surface area contributed by atoms with E-state index in [0.29, 0.717) is 11.4 Å². The van der Waals surface area contributed by atoms with Crippen LogP contribution >= 0.6 is 0 Å². The van der Waals surface area contributed by atoms with Crippen molar-refractivity contribution in [2.75, 3.05) is 12.8 Å². The summed E-state index contributed by atoms with van der Waals surface area (Å²) in [5.74, 6) is 0.0645. The van der Waals surface area contributed by atoms with Gasteiger partial charge in [-0.25, -0.2) is 4.79 Å². The number of benzene rings is 2. The van der Waals surface area contributed by atoms with Crippen LogP contribution in [0.25, 0.3) is 0 Å². The van der Waals surface area contributed by atoms with Crippen molar-refractivity contribution in [2.24, 2.45) is 0 Å². The fourth-order valence-electron chi connectivity index (χ4n) is 1.70. The van der Waals surface area contributed by atoms with Crippen molar-refractivity contribution in [3.63, 3.8) is 0 Å². The Bertz CT molecular complexity index is 608. The molecule has 5 heteroatoms. The number of phenolic OH excluding ortho intramolecular Hbond substituents is 1. The first-order valence-electron chi connectivity index (χ1n) is 5.98. The van der Waals surface area contributed by atoms with Gasteiger partial charge < -0.3 is 20.3 Å². The van der Waals surface area contributed by atoms with Crippen molar-refractivity contribution in [2.45, 2.75) is 6.61 Å². The molecule has 3 N–H and O–H groups in total. The van der Waals surface area contributed by atoms with Crippen molar-refractivity contribution in [1.29, 1.82) is 0 Å². The average molecular weight is 273 g/mol. The number of esters is 1. The molecule has 0 fully saturated rings. The number of hydrogen-bond acceptors (Lipinski definition) is 5. The molecule has 0 unspecified atom stereocenters. The zero-order valence-corrected chi connectivity index (χ0v) is 11.0. The van der Waals surface area contributed by atoms with Crippen LogP contribution in [-0.2, 0) is 11.3 Å². The summed E-state index contributed by atoms with van der Waals surface area (Å²) in [6.45, 7) is 0.108. The average Bonchev–Trinajstić information content (AvgIpc) is 2.46. The Hall–Kier alpha value is -2.69. The summed E-state index contributed by atoms with van der Waals surface area (Å²) < 4.78 is 10.3. The number of rotatable bonds is 4. The molecule has 0 aliphatic heterocycles. The third kappa shape index (κ3) is 3.20. The Morgan fingerprint density at radius 1 is 1.20 bits per heavy atom. The minimum atomic E-state index is -0.512. The molecule has 0 aliphatic rings. The SMILES string of the molecule is COc1ccc(N)cc1C(=O)OCc1ccc(O)cc1.